The normalized spacial score (nSPS) is 11.3. The molecule has 0 atom stereocenters. The van der Waals surface area contributed by atoms with Gasteiger partial charge in [-0.25, -0.2) is 4.98 Å². The number of aromatic nitrogens is 4. The van der Waals surface area contributed by atoms with E-state index in [4.69, 9.17) is 27.6 Å². The molecular formula is C22H21Cl2N5O2S2. The van der Waals surface area contributed by atoms with Crippen molar-refractivity contribution in [3.05, 3.63) is 62.7 Å². The highest BCUT2D eigenvalue weighted by Crippen LogP contribution is 2.34. The fourth-order valence-electron chi connectivity index (χ4n) is 2.98. The van der Waals surface area contributed by atoms with Crippen molar-refractivity contribution in [3.63, 3.8) is 0 Å². The molecule has 1 aromatic carbocycles. The van der Waals surface area contributed by atoms with E-state index in [0.29, 0.717) is 56.4 Å². The van der Waals surface area contributed by atoms with Gasteiger partial charge in [0.05, 0.1) is 22.7 Å². The maximum Gasteiger partial charge on any atom is 0.270 e. The maximum atomic E-state index is 12.3. The molecular weight excluding hydrogens is 501 g/mol. The van der Waals surface area contributed by atoms with Crippen molar-refractivity contribution in [2.45, 2.75) is 31.2 Å². The predicted octanol–water partition coefficient (Wildman–Crippen LogP) is 6.36. The quantitative estimate of drug-likeness (QED) is 0.258. The Morgan fingerprint density at radius 1 is 1.27 bits per heavy atom. The van der Waals surface area contributed by atoms with Crippen molar-refractivity contribution in [1.82, 2.24) is 25.1 Å². The van der Waals surface area contributed by atoms with Gasteiger partial charge in [0, 0.05) is 16.9 Å². The van der Waals surface area contributed by atoms with E-state index in [1.54, 1.807) is 42.0 Å². The van der Waals surface area contributed by atoms with Crippen LogP contribution in [0.1, 0.15) is 35.8 Å². The third-order valence-electron chi connectivity index (χ3n) is 4.64. The summed E-state index contributed by atoms with van der Waals surface area (Å²) in [5.74, 6) is 1.95. The number of nitrogens with zero attached hydrogens (tertiary/aromatic N) is 4. The molecule has 0 aliphatic carbocycles. The number of thiazole rings is 1. The van der Waals surface area contributed by atoms with Gasteiger partial charge in [-0.15, -0.1) is 21.5 Å². The van der Waals surface area contributed by atoms with Gasteiger partial charge in [0.25, 0.3) is 5.91 Å². The summed E-state index contributed by atoms with van der Waals surface area (Å²) in [6.07, 6.45) is 2.50. The van der Waals surface area contributed by atoms with Crippen LogP contribution < -0.4 is 5.32 Å². The second kappa shape index (κ2) is 10.7. The number of furan rings is 1. The fourth-order valence-corrected chi connectivity index (χ4v) is 5.08. The summed E-state index contributed by atoms with van der Waals surface area (Å²) >= 11 is 15.6. The second-order valence-electron chi connectivity index (χ2n) is 7.57. The molecule has 7 nitrogen and oxygen atoms in total. The van der Waals surface area contributed by atoms with E-state index in [-0.39, 0.29) is 5.91 Å². The van der Waals surface area contributed by atoms with Crippen molar-refractivity contribution in [2.75, 3.05) is 6.54 Å². The number of hydrogen-bond acceptors (Lipinski definition) is 7. The van der Waals surface area contributed by atoms with Crippen LogP contribution in [0.4, 0.5) is 0 Å². The number of carbonyl (C=O) groups excluding carboxylic acids is 1. The van der Waals surface area contributed by atoms with E-state index >= 15 is 0 Å². The van der Waals surface area contributed by atoms with Crippen molar-refractivity contribution in [3.8, 4) is 17.3 Å². The third kappa shape index (κ3) is 5.78. The Labute approximate surface area is 209 Å². The molecule has 0 fully saturated rings. The second-order valence-corrected chi connectivity index (χ2v) is 10.3. The van der Waals surface area contributed by atoms with Gasteiger partial charge in [0.15, 0.2) is 10.9 Å². The number of rotatable bonds is 9. The molecule has 1 N–H and O–H groups in total. The first-order chi connectivity index (χ1) is 15.9. The summed E-state index contributed by atoms with van der Waals surface area (Å²) in [6.45, 7) is 4.88. The zero-order valence-electron chi connectivity index (χ0n) is 17.9. The molecule has 11 heteroatoms. The van der Waals surface area contributed by atoms with Gasteiger partial charge in [0.2, 0.25) is 5.82 Å². The van der Waals surface area contributed by atoms with Crippen molar-refractivity contribution in [2.24, 2.45) is 5.92 Å². The van der Waals surface area contributed by atoms with Gasteiger partial charge in [-0.3, -0.25) is 9.36 Å². The molecule has 0 saturated carbocycles. The third-order valence-corrected chi connectivity index (χ3v) is 7.17. The zero-order chi connectivity index (χ0) is 23.4. The lowest BCUT2D eigenvalue weighted by molar-refractivity contribution is 0.0947. The van der Waals surface area contributed by atoms with Crippen LogP contribution in [-0.2, 0) is 5.75 Å². The number of carbonyl (C=O) groups is 1. The fraction of sp³-hybridized carbons (Fsp3) is 0.273. The molecule has 172 valence electrons. The highest BCUT2D eigenvalue weighted by atomic mass is 35.5. The minimum atomic E-state index is -0.155. The minimum Gasteiger partial charge on any atom is -0.461 e. The first kappa shape index (κ1) is 23.8. The molecule has 0 saturated heterocycles. The Kier molecular flexibility index (Phi) is 7.75. The van der Waals surface area contributed by atoms with Gasteiger partial charge in [-0.1, -0.05) is 48.8 Å². The number of nitrogens with one attached hydrogen (secondary N) is 1. The first-order valence-corrected chi connectivity index (χ1v) is 12.8. The summed E-state index contributed by atoms with van der Waals surface area (Å²) in [7, 11) is 0. The summed E-state index contributed by atoms with van der Waals surface area (Å²) in [5.41, 5.74) is 1.07. The van der Waals surface area contributed by atoms with Gasteiger partial charge in [0.1, 0.15) is 10.7 Å². The Bertz CT molecular complexity index is 1240. The molecule has 0 aliphatic heterocycles. The molecule has 3 heterocycles. The molecule has 0 unspecified atom stereocenters. The predicted molar refractivity (Wildman–Crippen MR) is 133 cm³/mol. The van der Waals surface area contributed by atoms with Crippen LogP contribution in [-0.4, -0.2) is 32.2 Å². The van der Waals surface area contributed by atoms with E-state index < -0.39 is 0 Å². The van der Waals surface area contributed by atoms with Crippen LogP contribution in [0, 0.1) is 5.92 Å². The summed E-state index contributed by atoms with van der Waals surface area (Å²) in [6, 6.07) is 8.79. The van der Waals surface area contributed by atoms with E-state index in [1.807, 2.05) is 4.57 Å². The lowest BCUT2D eigenvalue weighted by atomic mass is 10.1. The Morgan fingerprint density at radius 2 is 2.12 bits per heavy atom. The molecule has 0 aliphatic rings. The SMILES string of the molecule is CC(C)CCNC(=O)c1csc(CSc2nnc(-c3ccco3)n2-c2cc(Cl)ccc2Cl)n1. The molecule has 4 aromatic rings. The highest BCUT2D eigenvalue weighted by Gasteiger charge is 2.21. The Morgan fingerprint density at radius 3 is 2.88 bits per heavy atom. The average Bonchev–Trinajstić information content (AvgIpc) is 3.54. The number of thioether (sulfide) groups is 1. The number of halogens is 2. The van der Waals surface area contributed by atoms with E-state index in [9.17, 15) is 4.79 Å². The minimum absolute atomic E-state index is 0.155. The van der Waals surface area contributed by atoms with Gasteiger partial charge in [-0.05, 0) is 42.7 Å². The van der Waals surface area contributed by atoms with Crippen molar-refractivity contribution < 1.29 is 9.21 Å². The molecule has 3 aromatic heterocycles. The van der Waals surface area contributed by atoms with E-state index in [1.165, 1.54) is 23.1 Å². The molecule has 33 heavy (non-hydrogen) atoms. The van der Waals surface area contributed by atoms with E-state index in [2.05, 4.69) is 34.3 Å². The largest absolute Gasteiger partial charge is 0.461 e. The highest BCUT2D eigenvalue weighted by molar-refractivity contribution is 7.98. The summed E-state index contributed by atoms with van der Waals surface area (Å²) in [4.78, 5) is 16.8. The van der Waals surface area contributed by atoms with Crippen molar-refractivity contribution in [1.29, 1.82) is 0 Å². The van der Waals surface area contributed by atoms with Crippen molar-refractivity contribution >= 4 is 52.2 Å². The average molecular weight is 522 g/mol. The van der Waals surface area contributed by atoms with Crippen LogP contribution in [0.5, 0.6) is 0 Å². The topological polar surface area (TPSA) is 85.8 Å². The van der Waals surface area contributed by atoms with Crippen LogP contribution in [0.15, 0.2) is 51.5 Å². The monoisotopic (exact) mass is 521 g/mol. The van der Waals surface area contributed by atoms with Gasteiger partial charge in [-0.2, -0.15) is 0 Å². The number of amides is 1. The van der Waals surface area contributed by atoms with E-state index in [0.717, 1.165) is 11.4 Å². The smallest absolute Gasteiger partial charge is 0.270 e. The number of hydrogen-bond donors (Lipinski definition) is 1. The van der Waals surface area contributed by atoms with Crippen LogP contribution in [0.3, 0.4) is 0 Å². The van der Waals surface area contributed by atoms with Crippen LogP contribution in [0.25, 0.3) is 17.3 Å². The summed E-state index contributed by atoms with van der Waals surface area (Å²) in [5, 5.41) is 15.8. The summed E-state index contributed by atoms with van der Waals surface area (Å²) < 4.78 is 7.35. The number of benzene rings is 1. The standard InChI is InChI=1S/C22H21Cl2N5O2S2/c1-13(2)7-8-25-21(30)16-11-32-19(26-16)12-33-22-28-27-20(18-4-3-9-31-18)29(22)17-10-14(23)5-6-15(17)24/h3-6,9-11,13H,7-8,12H2,1-2H3,(H,25,30). The molecule has 1 amide bonds. The first-order valence-electron chi connectivity index (χ1n) is 10.2. The molecule has 0 spiro atoms. The lowest BCUT2D eigenvalue weighted by Crippen LogP contribution is -2.25. The maximum absolute atomic E-state index is 12.3. The molecule has 0 radical (unpaired) electrons. The zero-order valence-corrected chi connectivity index (χ0v) is 21.1. The van der Waals surface area contributed by atoms with Crippen LogP contribution in [0.2, 0.25) is 10.0 Å². The Balaban J connectivity index is 1.54. The van der Waals surface area contributed by atoms with Crippen LogP contribution >= 0.6 is 46.3 Å². The molecule has 4 rings (SSSR count). The van der Waals surface area contributed by atoms with Gasteiger partial charge >= 0.3 is 0 Å². The Hall–Kier alpha value is -2.33. The lowest BCUT2D eigenvalue weighted by Gasteiger charge is -2.11. The van der Waals surface area contributed by atoms with Gasteiger partial charge < -0.3 is 9.73 Å². The molecule has 0 bridgehead atoms.